The maximum Gasteiger partial charge on any atom is 0.180 e. The fraction of sp³-hybridized carbons (Fsp3) is 0.833. The smallest absolute Gasteiger partial charge is 0.180 e. The highest BCUT2D eigenvalue weighted by atomic mass is 16.1. The van der Waals surface area contributed by atoms with Crippen molar-refractivity contribution < 1.29 is 4.79 Å². The van der Waals surface area contributed by atoms with Crippen LogP contribution in [0.2, 0.25) is 0 Å². The van der Waals surface area contributed by atoms with Crippen LogP contribution in [0.25, 0.3) is 0 Å². The lowest BCUT2D eigenvalue weighted by molar-refractivity contribution is -0.131. The third kappa shape index (κ3) is 3.11. The molecule has 0 aliphatic heterocycles. The highest BCUT2D eigenvalue weighted by Crippen LogP contribution is 2.36. The van der Waals surface area contributed by atoms with Gasteiger partial charge in [0, 0.05) is 16.7 Å². The number of hydrogen-bond acceptors (Lipinski definition) is 4. The number of nitrogens with zero attached hydrogens (tertiary/aromatic N) is 3. The number of nitrogens with one attached hydrogen (secondary N) is 1. The van der Waals surface area contributed by atoms with E-state index in [-0.39, 0.29) is 22.5 Å². The van der Waals surface area contributed by atoms with E-state index in [0.29, 0.717) is 12.2 Å². The molecule has 0 aromatic carbocycles. The number of aromatic nitrogens is 4. The number of H-pyrrole nitrogens is 1. The topological polar surface area (TPSA) is 71.5 Å². The van der Waals surface area contributed by atoms with Crippen molar-refractivity contribution in [1.29, 1.82) is 0 Å². The molecular formula is C12H22N4O. The fourth-order valence-electron chi connectivity index (χ4n) is 2.50. The summed E-state index contributed by atoms with van der Waals surface area (Å²) in [5, 5.41) is 14.1. The van der Waals surface area contributed by atoms with Crippen LogP contribution in [-0.4, -0.2) is 26.4 Å². The van der Waals surface area contributed by atoms with Crippen molar-refractivity contribution in [2.24, 2.45) is 11.3 Å². The largest absolute Gasteiger partial charge is 0.299 e. The van der Waals surface area contributed by atoms with Gasteiger partial charge in [-0.05, 0) is 6.42 Å². The Morgan fingerprint density at radius 3 is 2.29 bits per heavy atom. The molecule has 0 unspecified atom stereocenters. The second kappa shape index (κ2) is 4.55. The van der Waals surface area contributed by atoms with Crippen LogP contribution in [0.15, 0.2) is 0 Å². The minimum absolute atomic E-state index is 0.0473. The Kier molecular flexibility index (Phi) is 3.69. The van der Waals surface area contributed by atoms with E-state index in [1.54, 1.807) is 0 Å². The van der Waals surface area contributed by atoms with Crippen molar-refractivity contribution in [2.45, 2.75) is 53.4 Å². The average molecular weight is 238 g/mol. The van der Waals surface area contributed by atoms with Gasteiger partial charge in [-0.1, -0.05) is 46.8 Å². The molecule has 0 aliphatic carbocycles. The molecule has 1 aromatic rings. The summed E-state index contributed by atoms with van der Waals surface area (Å²) < 4.78 is 0. The molecule has 1 heterocycles. The van der Waals surface area contributed by atoms with E-state index in [1.807, 2.05) is 41.5 Å². The van der Waals surface area contributed by atoms with E-state index in [2.05, 4.69) is 20.6 Å². The first-order chi connectivity index (χ1) is 7.67. The Morgan fingerprint density at radius 1 is 1.29 bits per heavy atom. The van der Waals surface area contributed by atoms with E-state index >= 15 is 0 Å². The summed E-state index contributed by atoms with van der Waals surface area (Å²) in [6.07, 6.45) is 0.705. The van der Waals surface area contributed by atoms with Gasteiger partial charge >= 0.3 is 0 Å². The quantitative estimate of drug-likeness (QED) is 0.852. The second-order valence-electron chi connectivity index (χ2n) is 6.20. The maximum absolute atomic E-state index is 12.1. The normalized spacial score (nSPS) is 13.1. The minimum atomic E-state index is -0.377. The molecule has 0 saturated carbocycles. The molecule has 96 valence electrons. The molecule has 0 amide bonds. The van der Waals surface area contributed by atoms with Gasteiger partial charge in [-0.25, -0.2) is 0 Å². The Labute approximate surface area is 102 Å². The molecule has 1 rings (SSSR count). The third-order valence-electron chi connectivity index (χ3n) is 3.03. The molecule has 0 atom stereocenters. The standard InChI is InChI=1S/C12H22N4O/c1-8(2)9(17)11(3,4)7-12(5,6)10-13-15-16-14-10/h8H,7H2,1-6H3,(H,13,14,15,16). The predicted octanol–water partition coefficient (Wildman–Crippen LogP) is 2.12. The zero-order chi connectivity index (χ0) is 13.3. The molecule has 0 spiro atoms. The van der Waals surface area contributed by atoms with Crippen molar-refractivity contribution >= 4 is 5.78 Å². The van der Waals surface area contributed by atoms with Gasteiger partial charge < -0.3 is 0 Å². The van der Waals surface area contributed by atoms with Gasteiger partial charge in [0.1, 0.15) is 5.78 Å². The summed E-state index contributed by atoms with van der Waals surface area (Å²) in [7, 11) is 0. The number of Topliss-reactive ketones (excluding diaryl/α,β-unsaturated/α-hetero) is 1. The molecule has 0 aliphatic rings. The van der Waals surface area contributed by atoms with Crippen LogP contribution < -0.4 is 0 Å². The van der Waals surface area contributed by atoms with Crippen molar-refractivity contribution in [3.63, 3.8) is 0 Å². The minimum Gasteiger partial charge on any atom is -0.299 e. The molecule has 0 saturated heterocycles. The second-order valence-corrected chi connectivity index (χ2v) is 6.20. The van der Waals surface area contributed by atoms with Crippen LogP contribution in [0.4, 0.5) is 0 Å². The molecule has 5 nitrogen and oxygen atoms in total. The van der Waals surface area contributed by atoms with E-state index < -0.39 is 0 Å². The van der Waals surface area contributed by atoms with Crippen LogP contribution in [0, 0.1) is 11.3 Å². The Balaban J connectivity index is 2.87. The van der Waals surface area contributed by atoms with Crippen molar-refractivity contribution in [3.05, 3.63) is 5.82 Å². The van der Waals surface area contributed by atoms with Gasteiger partial charge in [0.2, 0.25) is 0 Å². The van der Waals surface area contributed by atoms with Gasteiger partial charge in [-0.2, -0.15) is 5.21 Å². The maximum atomic E-state index is 12.1. The zero-order valence-electron chi connectivity index (χ0n) is 11.5. The molecule has 17 heavy (non-hydrogen) atoms. The number of carbonyl (C=O) groups excluding carboxylic acids is 1. The van der Waals surface area contributed by atoms with Crippen LogP contribution in [0.1, 0.15) is 53.8 Å². The van der Waals surface area contributed by atoms with Crippen molar-refractivity contribution in [3.8, 4) is 0 Å². The lowest BCUT2D eigenvalue weighted by atomic mass is 9.70. The molecule has 0 fully saturated rings. The van der Waals surface area contributed by atoms with Crippen LogP contribution in [0.3, 0.4) is 0 Å². The van der Waals surface area contributed by atoms with Crippen molar-refractivity contribution in [2.75, 3.05) is 0 Å². The van der Waals surface area contributed by atoms with Crippen LogP contribution in [0.5, 0.6) is 0 Å². The first-order valence-electron chi connectivity index (χ1n) is 5.95. The Bertz CT molecular complexity index is 379. The molecule has 0 bridgehead atoms. The summed E-state index contributed by atoms with van der Waals surface area (Å²) in [6, 6.07) is 0. The average Bonchev–Trinajstić information content (AvgIpc) is 2.67. The first kappa shape index (κ1) is 13.8. The van der Waals surface area contributed by atoms with Gasteiger partial charge in [0.15, 0.2) is 5.82 Å². The van der Waals surface area contributed by atoms with Gasteiger partial charge in [0.25, 0.3) is 0 Å². The number of carbonyl (C=O) groups is 1. The highest BCUT2D eigenvalue weighted by Gasteiger charge is 2.38. The number of tetrazole rings is 1. The summed E-state index contributed by atoms with van der Waals surface area (Å²) in [6.45, 7) is 11.9. The fourth-order valence-corrected chi connectivity index (χ4v) is 2.50. The molecule has 1 N–H and O–H groups in total. The predicted molar refractivity (Wildman–Crippen MR) is 65.4 cm³/mol. The monoisotopic (exact) mass is 238 g/mol. The number of rotatable bonds is 5. The van der Waals surface area contributed by atoms with E-state index in [1.165, 1.54) is 0 Å². The van der Waals surface area contributed by atoms with E-state index in [0.717, 1.165) is 0 Å². The van der Waals surface area contributed by atoms with Crippen molar-refractivity contribution in [1.82, 2.24) is 20.6 Å². The summed E-state index contributed by atoms with van der Waals surface area (Å²) in [4.78, 5) is 12.1. The summed E-state index contributed by atoms with van der Waals surface area (Å²) in [5.74, 6) is 0.974. The SMILES string of the molecule is CC(C)C(=O)C(C)(C)CC(C)(C)c1nn[nH]n1. The summed E-state index contributed by atoms with van der Waals surface area (Å²) in [5.41, 5.74) is -0.640. The third-order valence-corrected chi connectivity index (χ3v) is 3.03. The Morgan fingerprint density at radius 2 is 1.88 bits per heavy atom. The zero-order valence-corrected chi connectivity index (χ0v) is 11.5. The number of hydrogen-bond donors (Lipinski definition) is 1. The molecular weight excluding hydrogens is 216 g/mol. The van der Waals surface area contributed by atoms with E-state index in [9.17, 15) is 4.79 Å². The Hall–Kier alpha value is -1.26. The van der Waals surface area contributed by atoms with Gasteiger partial charge in [0.05, 0.1) is 0 Å². The highest BCUT2D eigenvalue weighted by molar-refractivity contribution is 5.85. The number of aromatic amines is 1. The van der Waals surface area contributed by atoms with Crippen LogP contribution >= 0.6 is 0 Å². The van der Waals surface area contributed by atoms with E-state index in [4.69, 9.17) is 0 Å². The molecule has 0 radical (unpaired) electrons. The summed E-state index contributed by atoms with van der Waals surface area (Å²) >= 11 is 0. The first-order valence-corrected chi connectivity index (χ1v) is 5.95. The lowest BCUT2D eigenvalue weighted by Crippen LogP contribution is -2.35. The van der Waals surface area contributed by atoms with Gasteiger partial charge in [-0.15, -0.1) is 10.2 Å². The lowest BCUT2D eigenvalue weighted by Gasteiger charge is -2.32. The number of ketones is 1. The van der Waals surface area contributed by atoms with Gasteiger partial charge in [-0.3, -0.25) is 4.79 Å². The van der Waals surface area contributed by atoms with Crippen LogP contribution in [-0.2, 0) is 10.2 Å². The molecule has 5 heteroatoms. The molecule has 1 aromatic heterocycles.